The molecule has 0 aliphatic rings. The van der Waals surface area contributed by atoms with Gasteiger partial charge in [-0.1, -0.05) is 0 Å². The summed E-state index contributed by atoms with van der Waals surface area (Å²) in [6.45, 7) is 0. The normalized spacial score (nSPS) is 18.9. The number of carbonyl (C=O) groups excluding carboxylic acids is 1. The van der Waals surface area contributed by atoms with E-state index < -0.39 is 30.4 Å². The molecule has 4 atom stereocenters. The third kappa shape index (κ3) is 3.56. The second kappa shape index (κ2) is 6.46. The van der Waals surface area contributed by atoms with Gasteiger partial charge in [0, 0.05) is 14.2 Å². The molecule has 0 saturated carbocycles. The molecular formula is C8H14O7. The van der Waals surface area contributed by atoms with Gasteiger partial charge in [-0.2, -0.15) is 0 Å². The highest BCUT2D eigenvalue weighted by atomic mass is 16.5. The van der Waals surface area contributed by atoms with Crippen LogP contribution in [0.25, 0.3) is 0 Å². The second-order valence-corrected chi connectivity index (χ2v) is 2.81. The lowest BCUT2D eigenvalue weighted by molar-refractivity contribution is -0.169. The van der Waals surface area contributed by atoms with Crippen LogP contribution in [0.3, 0.4) is 0 Å². The molecule has 0 rings (SSSR count). The van der Waals surface area contributed by atoms with Gasteiger partial charge < -0.3 is 29.6 Å². The van der Waals surface area contributed by atoms with Gasteiger partial charge in [0.25, 0.3) is 0 Å². The predicted molar refractivity (Wildman–Crippen MR) is 47.3 cm³/mol. The van der Waals surface area contributed by atoms with Crippen molar-refractivity contribution in [3.05, 3.63) is 0 Å². The lowest BCUT2D eigenvalue weighted by Crippen LogP contribution is -2.49. The molecule has 0 bridgehead atoms. The average molecular weight is 222 g/mol. The van der Waals surface area contributed by atoms with Crippen LogP contribution in [0.4, 0.5) is 0 Å². The molecule has 88 valence electrons. The first kappa shape index (κ1) is 14.0. The smallest absolute Gasteiger partial charge is 0.335 e. The molecule has 0 aromatic heterocycles. The van der Waals surface area contributed by atoms with E-state index in [1.807, 2.05) is 0 Å². The Hall–Kier alpha value is -1.02. The van der Waals surface area contributed by atoms with E-state index in [1.54, 1.807) is 0 Å². The van der Waals surface area contributed by atoms with Crippen molar-refractivity contribution in [1.82, 2.24) is 0 Å². The van der Waals surface area contributed by atoms with Crippen LogP contribution in [-0.2, 0) is 19.1 Å². The minimum Gasteiger partial charge on any atom is -0.479 e. The molecule has 0 aromatic carbocycles. The maximum absolute atomic E-state index is 10.4. The van der Waals surface area contributed by atoms with Gasteiger partial charge in [0.05, 0.1) is 0 Å². The summed E-state index contributed by atoms with van der Waals surface area (Å²) in [5, 5.41) is 27.1. The lowest BCUT2D eigenvalue weighted by atomic mass is 10.0. The molecule has 0 fully saturated rings. The number of ether oxygens (including phenoxy) is 2. The van der Waals surface area contributed by atoms with Crippen LogP contribution in [0.1, 0.15) is 0 Å². The minimum absolute atomic E-state index is 0.297. The van der Waals surface area contributed by atoms with Crippen LogP contribution in [0.5, 0.6) is 0 Å². The van der Waals surface area contributed by atoms with Gasteiger partial charge in [-0.05, 0) is 0 Å². The summed E-state index contributed by atoms with van der Waals surface area (Å²) in [6.07, 6.45) is -5.86. The summed E-state index contributed by atoms with van der Waals surface area (Å²) in [5.74, 6) is -1.55. The standard InChI is InChI=1S/C8H14O7/c1-14-4(3-9)5(10)7(15-2)6(11)8(12)13/h3-7,10-11H,1-2H3,(H,12,13)/t4-,5+,6-,7+/m0/s1. The fraction of sp³-hybridized carbons (Fsp3) is 0.750. The van der Waals surface area contributed by atoms with Gasteiger partial charge in [0.1, 0.15) is 18.3 Å². The fourth-order valence-electron chi connectivity index (χ4n) is 1.06. The van der Waals surface area contributed by atoms with E-state index in [-0.39, 0.29) is 0 Å². The number of aldehydes is 1. The summed E-state index contributed by atoms with van der Waals surface area (Å²) in [6, 6.07) is 0. The topological polar surface area (TPSA) is 113 Å². The van der Waals surface area contributed by atoms with E-state index in [2.05, 4.69) is 9.47 Å². The third-order valence-corrected chi connectivity index (χ3v) is 1.92. The van der Waals surface area contributed by atoms with E-state index in [9.17, 15) is 14.7 Å². The molecule has 3 N–H and O–H groups in total. The predicted octanol–water partition coefficient (Wildman–Crippen LogP) is -1.98. The molecular weight excluding hydrogens is 208 g/mol. The van der Waals surface area contributed by atoms with Gasteiger partial charge in [-0.3, -0.25) is 0 Å². The SMILES string of the molecule is CO[C@H]([C@H](O)[C@H](C=O)OC)[C@H](O)C(=O)O. The number of carboxylic acids is 1. The molecule has 0 aliphatic heterocycles. The number of rotatable bonds is 7. The number of aliphatic hydroxyl groups excluding tert-OH is 2. The number of carboxylic acid groups (broad SMARTS) is 1. The Labute approximate surface area is 86.2 Å². The van der Waals surface area contributed by atoms with E-state index in [0.29, 0.717) is 6.29 Å². The Balaban J connectivity index is 4.64. The van der Waals surface area contributed by atoms with Crippen molar-refractivity contribution < 1.29 is 34.4 Å². The fourth-order valence-corrected chi connectivity index (χ4v) is 1.06. The molecule has 0 amide bonds. The first-order valence-electron chi connectivity index (χ1n) is 4.09. The summed E-state index contributed by atoms with van der Waals surface area (Å²) in [4.78, 5) is 20.9. The van der Waals surface area contributed by atoms with Crippen LogP contribution in [0, 0.1) is 0 Å². The molecule has 0 spiro atoms. The van der Waals surface area contributed by atoms with Crippen LogP contribution >= 0.6 is 0 Å². The zero-order chi connectivity index (χ0) is 12.0. The Bertz CT molecular complexity index is 217. The molecule has 0 heterocycles. The Kier molecular flexibility index (Phi) is 6.02. The first-order valence-corrected chi connectivity index (χ1v) is 4.09. The van der Waals surface area contributed by atoms with Crippen molar-refractivity contribution >= 4 is 12.3 Å². The van der Waals surface area contributed by atoms with Crippen molar-refractivity contribution in [2.45, 2.75) is 24.4 Å². The summed E-state index contributed by atoms with van der Waals surface area (Å²) < 4.78 is 9.17. The highest BCUT2D eigenvalue weighted by Gasteiger charge is 2.36. The molecule has 15 heavy (non-hydrogen) atoms. The number of carbonyl (C=O) groups is 2. The zero-order valence-electron chi connectivity index (χ0n) is 8.36. The van der Waals surface area contributed by atoms with Crippen LogP contribution in [-0.4, -0.2) is 66.2 Å². The third-order valence-electron chi connectivity index (χ3n) is 1.92. The van der Waals surface area contributed by atoms with Gasteiger partial charge in [-0.25, -0.2) is 4.79 Å². The number of methoxy groups -OCH3 is 2. The molecule has 7 heteroatoms. The average Bonchev–Trinajstić information content (AvgIpc) is 2.20. The van der Waals surface area contributed by atoms with Crippen molar-refractivity contribution in [2.24, 2.45) is 0 Å². The largest absolute Gasteiger partial charge is 0.479 e. The molecule has 0 radical (unpaired) electrons. The Morgan fingerprint density at radius 2 is 1.80 bits per heavy atom. The minimum atomic E-state index is -1.93. The van der Waals surface area contributed by atoms with Crippen LogP contribution in [0.15, 0.2) is 0 Å². The molecule has 7 nitrogen and oxygen atoms in total. The summed E-state index contributed by atoms with van der Waals surface area (Å²) >= 11 is 0. The van der Waals surface area contributed by atoms with Gasteiger partial charge in [0.15, 0.2) is 12.4 Å². The van der Waals surface area contributed by atoms with Crippen molar-refractivity contribution in [3.63, 3.8) is 0 Å². The maximum atomic E-state index is 10.4. The van der Waals surface area contributed by atoms with Gasteiger partial charge >= 0.3 is 5.97 Å². The molecule has 0 aromatic rings. The maximum Gasteiger partial charge on any atom is 0.335 e. The van der Waals surface area contributed by atoms with Crippen molar-refractivity contribution in [2.75, 3.05) is 14.2 Å². The van der Waals surface area contributed by atoms with E-state index >= 15 is 0 Å². The van der Waals surface area contributed by atoms with Gasteiger partial charge in [0.2, 0.25) is 0 Å². The van der Waals surface area contributed by atoms with E-state index in [1.165, 1.54) is 7.11 Å². The summed E-state index contributed by atoms with van der Waals surface area (Å²) in [5.41, 5.74) is 0. The molecule has 0 aliphatic carbocycles. The van der Waals surface area contributed by atoms with E-state index in [0.717, 1.165) is 7.11 Å². The quantitative estimate of drug-likeness (QED) is 0.428. The monoisotopic (exact) mass is 222 g/mol. The number of aliphatic hydroxyl groups is 2. The highest BCUT2D eigenvalue weighted by Crippen LogP contribution is 2.10. The second-order valence-electron chi connectivity index (χ2n) is 2.81. The first-order chi connectivity index (χ1) is 6.99. The number of aliphatic carboxylic acids is 1. The zero-order valence-corrected chi connectivity index (χ0v) is 8.36. The Morgan fingerprint density at radius 3 is 2.07 bits per heavy atom. The van der Waals surface area contributed by atoms with E-state index in [4.69, 9.17) is 10.2 Å². The van der Waals surface area contributed by atoms with Gasteiger partial charge in [-0.15, -0.1) is 0 Å². The molecule has 0 unspecified atom stereocenters. The van der Waals surface area contributed by atoms with Crippen LogP contribution in [0.2, 0.25) is 0 Å². The van der Waals surface area contributed by atoms with Crippen molar-refractivity contribution in [3.8, 4) is 0 Å². The lowest BCUT2D eigenvalue weighted by Gasteiger charge is -2.26. The van der Waals surface area contributed by atoms with Crippen LogP contribution < -0.4 is 0 Å². The Morgan fingerprint density at radius 1 is 1.27 bits per heavy atom. The summed E-state index contributed by atoms with van der Waals surface area (Å²) in [7, 11) is 2.28. The number of hydrogen-bond donors (Lipinski definition) is 3. The molecule has 0 saturated heterocycles. The van der Waals surface area contributed by atoms with Crippen molar-refractivity contribution in [1.29, 1.82) is 0 Å². The number of hydrogen-bond acceptors (Lipinski definition) is 6. The highest BCUT2D eigenvalue weighted by molar-refractivity contribution is 5.73.